The molecule has 10 heteroatoms. The topological polar surface area (TPSA) is 162 Å². The van der Waals surface area contributed by atoms with Crippen molar-refractivity contribution in [2.75, 3.05) is 18.0 Å². The summed E-state index contributed by atoms with van der Waals surface area (Å²) in [5.74, 6) is -0.0858. The van der Waals surface area contributed by atoms with Crippen LogP contribution in [-0.2, 0) is 9.59 Å². The van der Waals surface area contributed by atoms with E-state index >= 15 is 0 Å². The van der Waals surface area contributed by atoms with Crippen molar-refractivity contribution in [2.45, 2.75) is 67.3 Å². The number of anilines is 1. The Hall–Kier alpha value is -3.60. The highest BCUT2D eigenvalue weighted by atomic mass is 32.2. The number of rotatable bonds is 8. The number of aromatic nitrogens is 1. The molecule has 4 rings (SSSR count). The number of thioether (sulfide) groups is 1. The maximum absolute atomic E-state index is 12.4. The second kappa shape index (κ2) is 10.8. The summed E-state index contributed by atoms with van der Waals surface area (Å²) in [4.78, 5) is 31.6. The van der Waals surface area contributed by atoms with Gasteiger partial charge in [-0.1, -0.05) is 42.1 Å². The normalized spacial score (nSPS) is 16.9. The van der Waals surface area contributed by atoms with Gasteiger partial charge < -0.3 is 21.7 Å². The van der Waals surface area contributed by atoms with Crippen LogP contribution in [0.4, 0.5) is 5.82 Å². The number of nitrogens with one attached hydrogen (secondary N) is 1. The second-order valence-electron chi connectivity index (χ2n) is 10.2. The zero-order valence-electron chi connectivity index (χ0n) is 21.0. The Morgan fingerprint density at radius 2 is 1.73 bits per heavy atom. The molecule has 1 saturated carbocycles. The third-order valence-corrected chi connectivity index (χ3v) is 7.96. The van der Waals surface area contributed by atoms with Crippen LogP contribution in [0.15, 0.2) is 35.4 Å². The summed E-state index contributed by atoms with van der Waals surface area (Å²) in [5.41, 5.74) is 12.9. The molecule has 1 atom stereocenters. The summed E-state index contributed by atoms with van der Waals surface area (Å²) < 4.78 is 0. The first-order valence-electron chi connectivity index (χ1n) is 12.4. The Kier molecular flexibility index (Phi) is 7.72. The van der Waals surface area contributed by atoms with E-state index in [4.69, 9.17) is 16.5 Å². The van der Waals surface area contributed by atoms with Crippen molar-refractivity contribution in [1.82, 2.24) is 10.3 Å². The smallest absolute Gasteiger partial charge is 0.239 e. The van der Waals surface area contributed by atoms with Crippen LogP contribution in [0.5, 0.6) is 0 Å². The molecule has 5 N–H and O–H groups in total. The molecule has 1 unspecified atom stereocenters. The molecule has 2 heterocycles. The van der Waals surface area contributed by atoms with E-state index in [-0.39, 0.29) is 17.9 Å². The fraction of sp³-hybridized carbons (Fsp3) is 0.444. The van der Waals surface area contributed by atoms with Crippen molar-refractivity contribution in [3.05, 3.63) is 52.6 Å². The van der Waals surface area contributed by atoms with Gasteiger partial charge in [-0.2, -0.15) is 10.5 Å². The summed E-state index contributed by atoms with van der Waals surface area (Å²) in [6.45, 7) is 4.50. The molecular weight excluding hydrogens is 486 g/mol. The molecule has 1 aromatic carbocycles. The predicted molar refractivity (Wildman–Crippen MR) is 142 cm³/mol. The molecule has 2 aromatic rings. The molecule has 37 heavy (non-hydrogen) atoms. The van der Waals surface area contributed by atoms with Gasteiger partial charge >= 0.3 is 0 Å². The molecule has 0 radical (unpaired) electrons. The highest BCUT2D eigenvalue weighted by Crippen LogP contribution is 2.48. The van der Waals surface area contributed by atoms with Crippen LogP contribution in [0.3, 0.4) is 0 Å². The molecule has 1 aliphatic heterocycles. The van der Waals surface area contributed by atoms with E-state index in [2.05, 4.69) is 17.5 Å². The monoisotopic (exact) mass is 517 g/mol. The Labute approximate surface area is 221 Å². The van der Waals surface area contributed by atoms with Crippen molar-refractivity contribution in [1.29, 1.82) is 10.5 Å². The van der Waals surface area contributed by atoms with Crippen LogP contribution >= 0.6 is 11.8 Å². The average molecular weight is 518 g/mol. The van der Waals surface area contributed by atoms with Crippen LogP contribution in [0.2, 0.25) is 0 Å². The lowest BCUT2D eigenvalue weighted by atomic mass is 9.98. The number of carbonyl (C=O) groups excluding carboxylic acids is 2. The lowest BCUT2D eigenvalue weighted by Crippen LogP contribution is -2.54. The first-order valence-corrected chi connectivity index (χ1v) is 13.3. The van der Waals surface area contributed by atoms with Crippen molar-refractivity contribution in [3.63, 3.8) is 0 Å². The number of carbonyl (C=O) groups is 2. The van der Waals surface area contributed by atoms with Gasteiger partial charge in [0.25, 0.3) is 0 Å². The van der Waals surface area contributed by atoms with Gasteiger partial charge in [0.05, 0.1) is 16.7 Å². The quantitative estimate of drug-likeness (QED) is 0.450. The molecule has 2 amide bonds. The van der Waals surface area contributed by atoms with Gasteiger partial charge in [0, 0.05) is 19.1 Å². The molecule has 9 nitrogen and oxygen atoms in total. The largest absolute Gasteiger partial charge is 0.368 e. The van der Waals surface area contributed by atoms with Crippen LogP contribution in [0.25, 0.3) is 0 Å². The number of pyridine rings is 1. The van der Waals surface area contributed by atoms with Crippen molar-refractivity contribution in [2.24, 2.45) is 11.5 Å². The van der Waals surface area contributed by atoms with E-state index in [0.717, 1.165) is 30.2 Å². The van der Waals surface area contributed by atoms with E-state index in [1.165, 1.54) is 0 Å². The van der Waals surface area contributed by atoms with Gasteiger partial charge in [-0.05, 0) is 56.6 Å². The van der Waals surface area contributed by atoms with Gasteiger partial charge in [0.2, 0.25) is 11.8 Å². The summed E-state index contributed by atoms with van der Waals surface area (Å²) in [7, 11) is 0. The Balaban J connectivity index is 1.68. The van der Waals surface area contributed by atoms with E-state index in [1.807, 2.05) is 35.2 Å². The van der Waals surface area contributed by atoms with Crippen molar-refractivity contribution < 1.29 is 9.59 Å². The van der Waals surface area contributed by atoms with E-state index in [0.29, 0.717) is 53.5 Å². The van der Waals surface area contributed by atoms with Gasteiger partial charge in [0.1, 0.15) is 28.2 Å². The molecular formula is C27H31N7O2S. The van der Waals surface area contributed by atoms with Crippen LogP contribution in [0.1, 0.15) is 73.0 Å². The number of hydrogen-bond donors (Lipinski definition) is 3. The first kappa shape index (κ1) is 26.5. The number of amides is 2. The van der Waals surface area contributed by atoms with Gasteiger partial charge in [-0.3, -0.25) is 9.59 Å². The van der Waals surface area contributed by atoms with E-state index < -0.39 is 16.7 Å². The lowest BCUT2D eigenvalue weighted by molar-refractivity contribution is -0.126. The molecule has 192 valence electrons. The Bertz CT molecular complexity index is 1260. The number of nitriles is 2. The first-order chi connectivity index (χ1) is 17.6. The molecule has 1 saturated heterocycles. The van der Waals surface area contributed by atoms with Crippen LogP contribution in [0, 0.1) is 22.7 Å². The maximum Gasteiger partial charge on any atom is 0.239 e. The lowest BCUT2D eigenvalue weighted by Gasteiger charge is -2.35. The zero-order valence-corrected chi connectivity index (χ0v) is 21.8. The summed E-state index contributed by atoms with van der Waals surface area (Å²) >= 11 is 1.15. The molecule has 2 fully saturated rings. The van der Waals surface area contributed by atoms with Gasteiger partial charge in [0.15, 0.2) is 0 Å². The fourth-order valence-electron chi connectivity index (χ4n) is 4.52. The molecule has 2 aliphatic rings. The minimum absolute atomic E-state index is 0.0236. The number of primary amides is 1. The zero-order chi connectivity index (χ0) is 26.7. The predicted octanol–water partition coefficient (Wildman–Crippen LogP) is 2.84. The molecule has 1 aliphatic carbocycles. The average Bonchev–Trinajstić information content (AvgIpc) is 3.72. The fourth-order valence-corrected chi connectivity index (χ4v) is 5.56. The van der Waals surface area contributed by atoms with E-state index in [1.54, 1.807) is 13.8 Å². The number of piperidine rings is 1. The third kappa shape index (κ3) is 5.87. The minimum Gasteiger partial charge on any atom is -0.368 e. The van der Waals surface area contributed by atoms with Crippen LogP contribution in [-0.4, -0.2) is 41.5 Å². The highest BCUT2D eigenvalue weighted by molar-refractivity contribution is 8.00. The standard InChI is InChI=1S/C27H31N7O2S/c1-27(2,31)26(36)32-18-10-12-34(13-11-18)24-19(14-28)21(16-8-9-16)20(15-29)25(33-24)37-22(23(30)35)17-6-4-3-5-7-17/h3-7,16,18,22H,8-13,31H2,1-2H3,(H2,30,35)(H,32,36). The third-order valence-electron chi connectivity index (χ3n) is 6.70. The number of nitrogens with zero attached hydrogens (tertiary/aromatic N) is 4. The molecule has 1 aromatic heterocycles. The Morgan fingerprint density at radius 1 is 1.11 bits per heavy atom. The molecule has 0 spiro atoms. The second-order valence-corrected chi connectivity index (χ2v) is 11.3. The Morgan fingerprint density at radius 3 is 2.24 bits per heavy atom. The minimum atomic E-state index is -0.958. The maximum atomic E-state index is 12.4. The van der Waals surface area contributed by atoms with Gasteiger partial charge in [-0.15, -0.1) is 0 Å². The number of nitrogens with two attached hydrogens (primary N) is 2. The summed E-state index contributed by atoms with van der Waals surface area (Å²) in [6.07, 6.45) is 3.14. The highest BCUT2D eigenvalue weighted by Gasteiger charge is 2.36. The summed E-state index contributed by atoms with van der Waals surface area (Å²) in [5, 5.41) is 23.0. The van der Waals surface area contributed by atoms with Crippen molar-refractivity contribution in [3.8, 4) is 12.1 Å². The number of hydrogen-bond acceptors (Lipinski definition) is 8. The molecule has 0 bridgehead atoms. The SMILES string of the molecule is CC(C)(N)C(=O)NC1CCN(c2nc(SC(C(N)=O)c3ccccc3)c(C#N)c(C3CC3)c2C#N)CC1. The van der Waals surface area contributed by atoms with Crippen molar-refractivity contribution >= 4 is 29.4 Å². The van der Waals surface area contributed by atoms with Crippen LogP contribution < -0.4 is 21.7 Å². The van der Waals surface area contributed by atoms with Gasteiger partial charge in [-0.25, -0.2) is 4.98 Å². The van der Waals surface area contributed by atoms with E-state index in [9.17, 15) is 20.1 Å². The number of benzene rings is 1. The summed E-state index contributed by atoms with van der Waals surface area (Å²) in [6, 6.07) is 13.7.